The van der Waals surface area contributed by atoms with Gasteiger partial charge >= 0.3 is 6.09 Å². The van der Waals surface area contributed by atoms with E-state index in [0.717, 1.165) is 42.9 Å². The highest BCUT2D eigenvalue weighted by molar-refractivity contribution is 7.19. The number of aromatic nitrogens is 2. The molecule has 0 aromatic carbocycles. The predicted molar refractivity (Wildman–Crippen MR) is 94.7 cm³/mol. The summed E-state index contributed by atoms with van der Waals surface area (Å²) in [5.74, 6) is 0.927. The van der Waals surface area contributed by atoms with Gasteiger partial charge in [0.05, 0.1) is 12.5 Å². The second-order valence-corrected chi connectivity index (χ2v) is 7.60. The van der Waals surface area contributed by atoms with Gasteiger partial charge in [-0.15, -0.1) is 11.3 Å². The Morgan fingerprint density at radius 2 is 2.21 bits per heavy atom. The van der Waals surface area contributed by atoms with Crippen LogP contribution in [-0.2, 0) is 17.6 Å². The fourth-order valence-electron chi connectivity index (χ4n) is 3.78. The molecule has 128 valence electrons. The largest absolute Gasteiger partial charge is 0.453 e. The summed E-state index contributed by atoms with van der Waals surface area (Å²) in [4.78, 5) is 25.1. The number of carbonyl (C=O) groups is 1. The SMILES string of the molecule is COC(=O)N1CCCC(Nc2ncnc3sc4c(c23)CCCC4)C1. The smallest absolute Gasteiger partial charge is 0.409 e. The summed E-state index contributed by atoms with van der Waals surface area (Å²) in [6.07, 6.45) is 8.20. The fraction of sp³-hybridized carbons (Fsp3) is 0.588. The molecule has 1 atom stereocenters. The first-order valence-corrected chi connectivity index (χ1v) is 9.42. The molecule has 1 saturated heterocycles. The van der Waals surface area contributed by atoms with Gasteiger partial charge in [-0.25, -0.2) is 14.8 Å². The number of amides is 1. The minimum Gasteiger partial charge on any atom is -0.453 e. The molecule has 0 spiro atoms. The molecule has 2 aromatic heterocycles. The first-order chi connectivity index (χ1) is 11.8. The third kappa shape index (κ3) is 2.81. The van der Waals surface area contributed by atoms with Crippen LogP contribution in [0.15, 0.2) is 6.33 Å². The van der Waals surface area contributed by atoms with Crippen molar-refractivity contribution in [2.24, 2.45) is 0 Å². The van der Waals surface area contributed by atoms with Crippen molar-refractivity contribution >= 4 is 33.5 Å². The van der Waals surface area contributed by atoms with E-state index in [1.165, 1.54) is 35.8 Å². The van der Waals surface area contributed by atoms with E-state index in [-0.39, 0.29) is 12.1 Å². The van der Waals surface area contributed by atoms with Crippen molar-refractivity contribution in [2.45, 2.75) is 44.6 Å². The fourth-order valence-corrected chi connectivity index (χ4v) is 5.01. The molecule has 24 heavy (non-hydrogen) atoms. The number of nitrogens with zero attached hydrogens (tertiary/aromatic N) is 3. The van der Waals surface area contributed by atoms with Crippen LogP contribution in [0.2, 0.25) is 0 Å². The number of anilines is 1. The van der Waals surface area contributed by atoms with E-state index in [9.17, 15) is 4.79 Å². The number of nitrogens with one attached hydrogen (secondary N) is 1. The molecule has 1 amide bonds. The van der Waals surface area contributed by atoms with Gasteiger partial charge < -0.3 is 15.0 Å². The molecule has 7 heteroatoms. The highest BCUT2D eigenvalue weighted by Gasteiger charge is 2.26. The average Bonchev–Trinajstić information content (AvgIpc) is 3.01. The number of thiophene rings is 1. The van der Waals surface area contributed by atoms with Crippen LogP contribution >= 0.6 is 11.3 Å². The molecule has 2 aromatic rings. The van der Waals surface area contributed by atoms with Crippen LogP contribution in [0.25, 0.3) is 10.2 Å². The standard InChI is InChI=1S/C17H22N4O2S/c1-23-17(22)21-8-4-5-11(9-21)20-15-14-12-6-2-3-7-13(12)24-16(14)19-10-18-15/h10-11H,2-9H2,1H3,(H,18,19,20). The summed E-state index contributed by atoms with van der Waals surface area (Å²) in [5, 5.41) is 4.78. The average molecular weight is 346 g/mol. The maximum absolute atomic E-state index is 11.8. The van der Waals surface area contributed by atoms with E-state index in [0.29, 0.717) is 6.54 Å². The lowest BCUT2D eigenvalue weighted by molar-refractivity contribution is 0.113. The lowest BCUT2D eigenvalue weighted by Crippen LogP contribution is -2.45. The third-order valence-electron chi connectivity index (χ3n) is 4.95. The van der Waals surface area contributed by atoms with Crippen LogP contribution in [0.3, 0.4) is 0 Å². The number of likely N-dealkylation sites (tertiary alicyclic amines) is 1. The first-order valence-electron chi connectivity index (χ1n) is 8.61. The van der Waals surface area contributed by atoms with Crippen LogP contribution in [0, 0.1) is 0 Å². The van der Waals surface area contributed by atoms with Gasteiger partial charge in [-0.05, 0) is 44.1 Å². The topological polar surface area (TPSA) is 67.3 Å². The summed E-state index contributed by atoms with van der Waals surface area (Å²) < 4.78 is 4.86. The van der Waals surface area contributed by atoms with Gasteiger partial charge in [0.1, 0.15) is 17.0 Å². The quantitative estimate of drug-likeness (QED) is 0.904. The minimum atomic E-state index is -0.248. The molecule has 6 nitrogen and oxygen atoms in total. The van der Waals surface area contributed by atoms with Crippen molar-refractivity contribution in [2.75, 3.05) is 25.5 Å². The minimum absolute atomic E-state index is 0.204. The zero-order valence-electron chi connectivity index (χ0n) is 13.9. The Morgan fingerprint density at radius 1 is 1.33 bits per heavy atom. The highest BCUT2D eigenvalue weighted by atomic mass is 32.1. The van der Waals surface area contributed by atoms with Gasteiger partial charge in [0, 0.05) is 24.0 Å². The third-order valence-corrected chi connectivity index (χ3v) is 6.15. The lowest BCUT2D eigenvalue weighted by Gasteiger charge is -2.32. The molecular weight excluding hydrogens is 324 g/mol. The molecule has 2 aliphatic rings. The normalized spacial score (nSPS) is 20.7. The Balaban J connectivity index is 1.60. The van der Waals surface area contributed by atoms with Gasteiger partial charge in [-0.1, -0.05) is 0 Å². The second-order valence-electron chi connectivity index (χ2n) is 6.51. The van der Waals surface area contributed by atoms with E-state index < -0.39 is 0 Å². The van der Waals surface area contributed by atoms with Crippen molar-refractivity contribution in [3.63, 3.8) is 0 Å². The van der Waals surface area contributed by atoms with Crippen LogP contribution in [0.4, 0.5) is 10.6 Å². The van der Waals surface area contributed by atoms with Gasteiger partial charge in [0.25, 0.3) is 0 Å². The Labute approximate surface area is 145 Å². The number of hydrogen-bond donors (Lipinski definition) is 1. The Hall–Kier alpha value is -1.89. The highest BCUT2D eigenvalue weighted by Crippen LogP contribution is 2.38. The monoisotopic (exact) mass is 346 g/mol. The number of carbonyl (C=O) groups excluding carboxylic acids is 1. The van der Waals surface area contributed by atoms with Crippen molar-refractivity contribution in [1.29, 1.82) is 0 Å². The van der Waals surface area contributed by atoms with Gasteiger partial charge in [-0.2, -0.15) is 0 Å². The summed E-state index contributed by atoms with van der Waals surface area (Å²) in [6, 6.07) is 0.204. The zero-order chi connectivity index (χ0) is 16.5. The lowest BCUT2D eigenvalue weighted by atomic mass is 9.97. The van der Waals surface area contributed by atoms with Crippen LogP contribution < -0.4 is 5.32 Å². The Morgan fingerprint density at radius 3 is 3.08 bits per heavy atom. The summed E-state index contributed by atoms with van der Waals surface area (Å²) in [5.41, 5.74) is 1.44. The van der Waals surface area contributed by atoms with Crippen molar-refractivity contribution in [1.82, 2.24) is 14.9 Å². The number of ether oxygens (including phenoxy) is 1. The van der Waals surface area contributed by atoms with Gasteiger partial charge in [0.15, 0.2) is 0 Å². The number of methoxy groups -OCH3 is 1. The van der Waals surface area contributed by atoms with E-state index in [4.69, 9.17) is 4.74 Å². The van der Waals surface area contributed by atoms with E-state index in [2.05, 4.69) is 15.3 Å². The predicted octanol–water partition coefficient (Wildman–Crippen LogP) is 3.21. The molecule has 0 radical (unpaired) electrons. The second kappa shape index (κ2) is 6.55. The molecule has 1 fully saturated rings. The Bertz CT molecular complexity index is 760. The zero-order valence-corrected chi connectivity index (χ0v) is 14.7. The maximum atomic E-state index is 11.8. The van der Waals surface area contributed by atoms with Gasteiger partial charge in [-0.3, -0.25) is 0 Å². The van der Waals surface area contributed by atoms with E-state index >= 15 is 0 Å². The molecule has 1 N–H and O–H groups in total. The molecule has 0 saturated carbocycles. The molecule has 3 heterocycles. The van der Waals surface area contributed by atoms with Gasteiger partial charge in [0.2, 0.25) is 0 Å². The number of hydrogen-bond acceptors (Lipinski definition) is 6. The number of fused-ring (bicyclic) bond motifs is 3. The Kier molecular flexibility index (Phi) is 4.26. The maximum Gasteiger partial charge on any atom is 0.409 e. The van der Waals surface area contributed by atoms with E-state index in [1.807, 2.05) is 11.3 Å². The van der Waals surface area contributed by atoms with Crippen molar-refractivity contribution in [3.05, 3.63) is 16.8 Å². The number of piperidine rings is 1. The van der Waals surface area contributed by atoms with Crippen LogP contribution in [-0.4, -0.2) is 47.2 Å². The van der Waals surface area contributed by atoms with Crippen LogP contribution in [0.1, 0.15) is 36.1 Å². The number of rotatable bonds is 2. The van der Waals surface area contributed by atoms with Crippen LogP contribution in [0.5, 0.6) is 0 Å². The summed E-state index contributed by atoms with van der Waals surface area (Å²) >= 11 is 1.81. The molecule has 4 rings (SSSR count). The molecule has 0 bridgehead atoms. The first kappa shape index (κ1) is 15.6. The van der Waals surface area contributed by atoms with E-state index in [1.54, 1.807) is 11.2 Å². The van der Waals surface area contributed by atoms with Crippen molar-refractivity contribution in [3.8, 4) is 0 Å². The molecule has 1 unspecified atom stereocenters. The summed E-state index contributed by atoms with van der Waals surface area (Å²) in [7, 11) is 1.44. The summed E-state index contributed by atoms with van der Waals surface area (Å²) in [6.45, 7) is 1.42. The molecular formula is C17H22N4O2S. The molecule has 1 aliphatic heterocycles. The molecule has 1 aliphatic carbocycles. The van der Waals surface area contributed by atoms with Crippen molar-refractivity contribution < 1.29 is 9.53 Å². The number of aryl methyl sites for hydroxylation is 2.